The number of hydrogen-bond acceptors (Lipinski definition) is 4. The van der Waals surface area contributed by atoms with Gasteiger partial charge in [0.25, 0.3) is 11.5 Å². The van der Waals surface area contributed by atoms with Crippen LogP contribution in [0.15, 0.2) is 29.1 Å². The monoisotopic (exact) mass is 343 g/mol. The van der Waals surface area contributed by atoms with Crippen LogP contribution in [0.1, 0.15) is 37.2 Å². The van der Waals surface area contributed by atoms with E-state index in [0.717, 1.165) is 0 Å². The van der Waals surface area contributed by atoms with Crippen molar-refractivity contribution in [3.8, 4) is 0 Å². The number of benzene rings is 1. The zero-order chi connectivity index (χ0) is 18.1. The Kier molecular flexibility index (Phi) is 4.57. The van der Waals surface area contributed by atoms with Gasteiger partial charge in [-0.05, 0) is 24.8 Å². The molecule has 0 bridgehead atoms. The lowest BCUT2D eigenvalue weighted by molar-refractivity contribution is -0.141. The van der Waals surface area contributed by atoms with E-state index >= 15 is 0 Å². The molecule has 0 radical (unpaired) electrons. The van der Waals surface area contributed by atoms with Crippen molar-refractivity contribution in [1.29, 1.82) is 0 Å². The van der Waals surface area contributed by atoms with Crippen LogP contribution in [0.4, 0.5) is 0 Å². The van der Waals surface area contributed by atoms with Crippen molar-refractivity contribution in [2.24, 2.45) is 5.92 Å². The van der Waals surface area contributed by atoms with E-state index in [1.165, 1.54) is 9.58 Å². The maximum Gasteiger partial charge on any atom is 0.326 e. The van der Waals surface area contributed by atoms with E-state index in [9.17, 15) is 19.5 Å². The molecule has 1 aliphatic rings. The highest BCUT2D eigenvalue weighted by Gasteiger charge is 2.36. The lowest BCUT2D eigenvalue weighted by Crippen LogP contribution is -2.41. The van der Waals surface area contributed by atoms with Gasteiger partial charge in [0, 0.05) is 18.5 Å². The number of carbonyl (C=O) groups is 2. The van der Waals surface area contributed by atoms with Crippen LogP contribution in [0.3, 0.4) is 0 Å². The smallest absolute Gasteiger partial charge is 0.326 e. The molecule has 0 saturated carbocycles. The van der Waals surface area contributed by atoms with Crippen molar-refractivity contribution >= 4 is 22.6 Å². The summed E-state index contributed by atoms with van der Waals surface area (Å²) >= 11 is 0. The van der Waals surface area contributed by atoms with Gasteiger partial charge in [-0.1, -0.05) is 32.0 Å². The van der Waals surface area contributed by atoms with Crippen molar-refractivity contribution in [3.05, 3.63) is 40.3 Å². The number of rotatable bonds is 4. The number of nitrogens with zero attached hydrogens (tertiary/aromatic N) is 3. The van der Waals surface area contributed by atoms with Gasteiger partial charge in [0.2, 0.25) is 0 Å². The SMILES string of the molecule is CC(C)Cn1nc(C(=O)N2CCC[C@H]2C(=O)O)c2ccccc2c1=O. The molecule has 2 heterocycles. The molecule has 25 heavy (non-hydrogen) atoms. The molecule has 1 aromatic heterocycles. The van der Waals surface area contributed by atoms with Gasteiger partial charge in [0.05, 0.1) is 5.39 Å². The molecular weight excluding hydrogens is 322 g/mol. The molecule has 1 fully saturated rings. The van der Waals surface area contributed by atoms with E-state index in [2.05, 4.69) is 5.10 Å². The van der Waals surface area contributed by atoms with Crippen LogP contribution in [0.5, 0.6) is 0 Å². The van der Waals surface area contributed by atoms with Crippen LogP contribution in [0.25, 0.3) is 10.8 Å². The van der Waals surface area contributed by atoms with Crippen LogP contribution < -0.4 is 5.56 Å². The lowest BCUT2D eigenvalue weighted by Gasteiger charge is -2.22. The highest BCUT2D eigenvalue weighted by Crippen LogP contribution is 2.22. The van der Waals surface area contributed by atoms with Gasteiger partial charge in [0.1, 0.15) is 6.04 Å². The van der Waals surface area contributed by atoms with Crippen LogP contribution in [0.2, 0.25) is 0 Å². The fraction of sp³-hybridized carbons (Fsp3) is 0.444. The maximum atomic E-state index is 13.0. The Labute approximate surface area is 144 Å². The third-order valence-corrected chi connectivity index (χ3v) is 4.41. The largest absolute Gasteiger partial charge is 0.480 e. The fourth-order valence-electron chi connectivity index (χ4n) is 3.27. The first-order valence-electron chi connectivity index (χ1n) is 8.43. The Morgan fingerprint density at radius 1 is 1.28 bits per heavy atom. The molecular formula is C18H21N3O4. The molecule has 132 valence electrons. The molecule has 7 nitrogen and oxygen atoms in total. The molecule has 3 rings (SSSR count). The van der Waals surface area contributed by atoms with Gasteiger partial charge in [-0.25, -0.2) is 9.48 Å². The molecule has 1 aliphatic heterocycles. The summed E-state index contributed by atoms with van der Waals surface area (Å²) in [7, 11) is 0. The predicted octanol–water partition coefficient (Wildman–Crippen LogP) is 1.74. The van der Waals surface area contributed by atoms with E-state index in [1.54, 1.807) is 24.3 Å². The second-order valence-electron chi connectivity index (χ2n) is 6.77. The Hall–Kier alpha value is -2.70. The zero-order valence-electron chi connectivity index (χ0n) is 14.3. The molecule has 1 amide bonds. The summed E-state index contributed by atoms with van der Waals surface area (Å²) in [6, 6.07) is 6.01. The topological polar surface area (TPSA) is 92.5 Å². The quantitative estimate of drug-likeness (QED) is 0.913. The minimum absolute atomic E-state index is 0.143. The highest BCUT2D eigenvalue weighted by molar-refractivity contribution is 6.05. The summed E-state index contributed by atoms with van der Waals surface area (Å²) in [5, 5.41) is 14.5. The maximum absolute atomic E-state index is 13.0. The van der Waals surface area contributed by atoms with Crippen molar-refractivity contribution < 1.29 is 14.7 Å². The number of amides is 1. The van der Waals surface area contributed by atoms with Gasteiger partial charge < -0.3 is 10.0 Å². The van der Waals surface area contributed by atoms with Gasteiger partial charge >= 0.3 is 5.97 Å². The summed E-state index contributed by atoms with van der Waals surface area (Å²) in [6.45, 7) is 4.71. The van der Waals surface area contributed by atoms with Crippen LogP contribution >= 0.6 is 0 Å². The number of carboxylic acids is 1. The minimum atomic E-state index is -1.01. The second kappa shape index (κ2) is 6.66. The standard InChI is InChI=1S/C18H21N3O4/c1-11(2)10-21-16(22)13-7-4-3-6-12(13)15(19-21)17(23)20-9-5-8-14(20)18(24)25/h3-4,6-7,11,14H,5,8-10H2,1-2H3,(H,24,25)/t14-/m0/s1. The van der Waals surface area contributed by atoms with Crippen LogP contribution in [-0.4, -0.2) is 44.3 Å². The van der Waals surface area contributed by atoms with E-state index < -0.39 is 17.9 Å². The molecule has 1 atom stereocenters. The first-order valence-corrected chi connectivity index (χ1v) is 8.43. The predicted molar refractivity (Wildman–Crippen MR) is 92.5 cm³/mol. The molecule has 7 heteroatoms. The number of carbonyl (C=O) groups excluding carboxylic acids is 1. The molecule has 1 N–H and O–H groups in total. The molecule has 0 spiro atoms. The number of aromatic nitrogens is 2. The lowest BCUT2D eigenvalue weighted by atomic mass is 10.1. The number of likely N-dealkylation sites (tertiary alicyclic amines) is 1. The first kappa shape index (κ1) is 17.1. The van der Waals surface area contributed by atoms with Crippen LogP contribution in [-0.2, 0) is 11.3 Å². The van der Waals surface area contributed by atoms with Gasteiger partial charge in [-0.15, -0.1) is 0 Å². The van der Waals surface area contributed by atoms with Gasteiger partial charge in [-0.2, -0.15) is 5.10 Å². The number of aliphatic carboxylic acids is 1. The summed E-state index contributed by atoms with van der Waals surface area (Å²) in [5.41, 5.74) is -0.0962. The van der Waals surface area contributed by atoms with E-state index in [4.69, 9.17) is 0 Å². The Morgan fingerprint density at radius 3 is 2.60 bits per heavy atom. The average molecular weight is 343 g/mol. The Balaban J connectivity index is 2.14. The molecule has 1 saturated heterocycles. The summed E-state index contributed by atoms with van der Waals surface area (Å²) in [6.07, 6.45) is 1.08. The van der Waals surface area contributed by atoms with Crippen molar-refractivity contribution in [1.82, 2.24) is 14.7 Å². The molecule has 0 aliphatic carbocycles. The van der Waals surface area contributed by atoms with E-state index in [-0.39, 0.29) is 17.2 Å². The van der Waals surface area contributed by atoms with Gasteiger partial charge in [0.15, 0.2) is 5.69 Å². The number of hydrogen-bond donors (Lipinski definition) is 1. The normalized spacial score (nSPS) is 17.4. The second-order valence-corrected chi connectivity index (χ2v) is 6.77. The minimum Gasteiger partial charge on any atom is -0.480 e. The third kappa shape index (κ3) is 3.14. The highest BCUT2D eigenvalue weighted by atomic mass is 16.4. The number of fused-ring (bicyclic) bond motifs is 1. The Morgan fingerprint density at radius 2 is 1.96 bits per heavy atom. The summed E-state index contributed by atoms with van der Waals surface area (Å²) in [5.74, 6) is -1.25. The first-order chi connectivity index (χ1) is 11.9. The number of carboxylic acid groups (broad SMARTS) is 1. The molecule has 1 aromatic carbocycles. The fourth-order valence-corrected chi connectivity index (χ4v) is 3.27. The summed E-state index contributed by atoms with van der Waals surface area (Å²) in [4.78, 5) is 38.4. The molecule has 2 aromatic rings. The van der Waals surface area contributed by atoms with Crippen molar-refractivity contribution in [2.75, 3.05) is 6.54 Å². The third-order valence-electron chi connectivity index (χ3n) is 4.41. The van der Waals surface area contributed by atoms with Crippen molar-refractivity contribution in [2.45, 2.75) is 39.3 Å². The van der Waals surface area contributed by atoms with E-state index in [0.29, 0.717) is 36.7 Å². The Bertz CT molecular complexity index is 888. The van der Waals surface area contributed by atoms with Crippen molar-refractivity contribution in [3.63, 3.8) is 0 Å². The van der Waals surface area contributed by atoms with Crippen LogP contribution in [0, 0.1) is 5.92 Å². The van der Waals surface area contributed by atoms with E-state index in [1.807, 2.05) is 13.8 Å². The van der Waals surface area contributed by atoms with Gasteiger partial charge in [-0.3, -0.25) is 9.59 Å². The summed E-state index contributed by atoms with van der Waals surface area (Å²) < 4.78 is 1.31. The zero-order valence-corrected chi connectivity index (χ0v) is 14.3. The molecule has 0 unspecified atom stereocenters. The average Bonchev–Trinajstić information content (AvgIpc) is 3.06.